The second kappa shape index (κ2) is 10.2. The molecule has 0 unspecified atom stereocenters. The molecule has 156 valence electrons. The molecular formula is C24H28N3O2S+. The summed E-state index contributed by atoms with van der Waals surface area (Å²) in [4.78, 5) is 25.3. The molecule has 3 aromatic rings. The molecule has 3 rings (SSSR count). The van der Waals surface area contributed by atoms with Crippen molar-refractivity contribution in [3.63, 3.8) is 0 Å². The van der Waals surface area contributed by atoms with Crippen molar-refractivity contribution in [1.29, 1.82) is 0 Å². The van der Waals surface area contributed by atoms with Crippen LogP contribution in [0.5, 0.6) is 0 Å². The fourth-order valence-corrected chi connectivity index (χ4v) is 4.41. The van der Waals surface area contributed by atoms with Crippen molar-refractivity contribution in [3.05, 3.63) is 93.7 Å². The zero-order chi connectivity index (χ0) is 21.5. The zero-order valence-electron chi connectivity index (χ0n) is 17.2. The maximum absolute atomic E-state index is 12.8. The summed E-state index contributed by atoms with van der Waals surface area (Å²) in [5.41, 5.74) is 8.44. The minimum absolute atomic E-state index is 0.0815. The van der Waals surface area contributed by atoms with Gasteiger partial charge in [-0.25, -0.2) is 4.79 Å². The van der Waals surface area contributed by atoms with Crippen LogP contribution in [0, 0.1) is 5.92 Å². The Morgan fingerprint density at radius 3 is 2.23 bits per heavy atom. The van der Waals surface area contributed by atoms with Gasteiger partial charge in [0.2, 0.25) is 0 Å². The Kier molecular flexibility index (Phi) is 7.38. The van der Waals surface area contributed by atoms with Crippen LogP contribution in [-0.2, 0) is 11.2 Å². The molecule has 1 aromatic heterocycles. The maximum atomic E-state index is 12.8. The van der Waals surface area contributed by atoms with Gasteiger partial charge in [-0.15, -0.1) is 11.3 Å². The van der Waals surface area contributed by atoms with Gasteiger partial charge in [-0.2, -0.15) is 0 Å². The molecule has 2 atom stereocenters. The Morgan fingerprint density at radius 2 is 1.67 bits per heavy atom. The molecule has 5 nitrogen and oxygen atoms in total. The number of imide groups is 1. The summed E-state index contributed by atoms with van der Waals surface area (Å²) < 4.78 is 0. The normalized spacial score (nSPS) is 13.0. The Balaban J connectivity index is 1.94. The van der Waals surface area contributed by atoms with Crippen LogP contribution in [-0.4, -0.2) is 11.9 Å². The van der Waals surface area contributed by atoms with Gasteiger partial charge < -0.3 is 11.1 Å². The van der Waals surface area contributed by atoms with Gasteiger partial charge >= 0.3 is 6.03 Å². The van der Waals surface area contributed by atoms with Gasteiger partial charge in [-0.1, -0.05) is 74.5 Å². The van der Waals surface area contributed by atoms with Crippen LogP contribution in [0.2, 0.25) is 0 Å². The van der Waals surface area contributed by atoms with E-state index in [1.54, 1.807) is 11.3 Å². The number of hydrogen-bond donors (Lipinski definition) is 3. The SMILES string of the molecule is CC(C)Cc1ccc([C@H]([NH2+][C@@H](C(=O)NC(N)=O)c2ccccc2)c2cccs2)cc1. The van der Waals surface area contributed by atoms with Gasteiger partial charge in [-0.3, -0.25) is 10.1 Å². The van der Waals surface area contributed by atoms with E-state index < -0.39 is 18.0 Å². The summed E-state index contributed by atoms with van der Waals surface area (Å²) in [7, 11) is 0. The fourth-order valence-electron chi connectivity index (χ4n) is 3.57. The highest BCUT2D eigenvalue weighted by Gasteiger charge is 2.31. The average molecular weight is 423 g/mol. The Bertz CT molecular complexity index is 954. The predicted octanol–water partition coefficient (Wildman–Crippen LogP) is 3.54. The quantitative estimate of drug-likeness (QED) is 0.518. The fraction of sp³-hybridized carbons (Fsp3) is 0.250. The van der Waals surface area contributed by atoms with Crippen LogP contribution < -0.4 is 16.4 Å². The van der Waals surface area contributed by atoms with Gasteiger partial charge in [0.1, 0.15) is 6.04 Å². The molecule has 0 aliphatic carbocycles. The second-order valence-corrected chi connectivity index (χ2v) is 8.75. The molecule has 3 amide bonds. The highest BCUT2D eigenvalue weighted by molar-refractivity contribution is 7.10. The first kappa shape index (κ1) is 21.7. The molecule has 2 aromatic carbocycles. The molecule has 0 bridgehead atoms. The number of nitrogens with two attached hydrogens (primary N) is 2. The first-order chi connectivity index (χ1) is 14.4. The second-order valence-electron chi connectivity index (χ2n) is 7.77. The smallest absolute Gasteiger partial charge is 0.319 e. The predicted molar refractivity (Wildman–Crippen MR) is 120 cm³/mol. The number of thiophene rings is 1. The van der Waals surface area contributed by atoms with Crippen LogP contribution >= 0.6 is 11.3 Å². The van der Waals surface area contributed by atoms with E-state index in [1.165, 1.54) is 5.56 Å². The highest BCUT2D eigenvalue weighted by atomic mass is 32.1. The van der Waals surface area contributed by atoms with Crippen molar-refractivity contribution in [2.45, 2.75) is 32.4 Å². The first-order valence-electron chi connectivity index (χ1n) is 10.1. The van der Waals surface area contributed by atoms with Crippen LogP contribution in [0.15, 0.2) is 72.1 Å². The minimum atomic E-state index is -0.847. The van der Waals surface area contributed by atoms with Crippen molar-refractivity contribution in [2.75, 3.05) is 0 Å². The Hall–Kier alpha value is -2.96. The topological polar surface area (TPSA) is 88.8 Å². The van der Waals surface area contributed by atoms with Crippen molar-refractivity contribution >= 4 is 23.3 Å². The zero-order valence-corrected chi connectivity index (χ0v) is 18.1. The highest BCUT2D eigenvalue weighted by Crippen LogP contribution is 2.25. The molecule has 0 saturated carbocycles. The molecule has 6 heteroatoms. The van der Waals surface area contributed by atoms with Crippen LogP contribution in [0.3, 0.4) is 0 Å². The summed E-state index contributed by atoms with van der Waals surface area (Å²) >= 11 is 1.65. The third-order valence-electron chi connectivity index (χ3n) is 4.90. The molecule has 0 saturated heterocycles. The minimum Gasteiger partial charge on any atom is -0.351 e. The lowest BCUT2D eigenvalue weighted by atomic mass is 9.97. The maximum Gasteiger partial charge on any atom is 0.319 e. The third kappa shape index (κ3) is 5.78. The number of quaternary nitrogens is 1. The number of hydrogen-bond acceptors (Lipinski definition) is 3. The van der Waals surface area contributed by atoms with Gasteiger partial charge in [-0.05, 0) is 29.3 Å². The molecule has 0 fully saturated rings. The summed E-state index contributed by atoms with van der Waals surface area (Å²) in [5, 5.41) is 6.28. The third-order valence-corrected chi connectivity index (χ3v) is 5.86. The van der Waals surface area contributed by atoms with Crippen LogP contribution in [0.25, 0.3) is 0 Å². The van der Waals surface area contributed by atoms with Crippen molar-refractivity contribution < 1.29 is 14.9 Å². The molecule has 30 heavy (non-hydrogen) atoms. The summed E-state index contributed by atoms with van der Waals surface area (Å²) in [6, 6.07) is 20.6. The van der Waals surface area contributed by atoms with Gasteiger partial charge in [0.15, 0.2) is 6.04 Å². The number of urea groups is 1. The molecule has 0 aliphatic rings. The Labute approximate surface area is 181 Å². The van der Waals surface area contributed by atoms with E-state index in [2.05, 4.69) is 49.5 Å². The number of carbonyl (C=O) groups excluding carboxylic acids is 2. The number of carbonyl (C=O) groups is 2. The molecule has 5 N–H and O–H groups in total. The van der Waals surface area contributed by atoms with E-state index in [4.69, 9.17) is 5.73 Å². The van der Waals surface area contributed by atoms with Gasteiger partial charge in [0.25, 0.3) is 5.91 Å². The average Bonchev–Trinajstić information content (AvgIpc) is 3.24. The van der Waals surface area contributed by atoms with Gasteiger partial charge in [0.05, 0.1) is 4.88 Å². The number of amides is 3. The number of nitrogens with one attached hydrogen (secondary N) is 1. The molecule has 0 spiro atoms. The standard InChI is InChI=1S/C24H27N3O2S/c1-16(2)15-17-10-12-19(13-11-17)21(20-9-6-14-30-20)26-22(23(28)27-24(25)29)18-7-4-3-5-8-18/h3-14,16,21-22,26H,15H2,1-2H3,(H3,25,27,28,29)/p+1/t21-,22+/m0/s1. The number of rotatable bonds is 8. The van der Waals surface area contributed by atoms with Crippen LogP contribution in [0.4, 0.5) is 4.79 Å². The molecule has 0 aliphatic heterocycles. The van der Waals surface area contributed by atoms with Crippen molar-refractivity contribution in [3.8, 4) is 0 Å². The van der Waals surface area contributed by atoms with E-state index in [0.717, 1.165) is 22.4 Å². The van der Waals surface area contributed by atoms with Gasteiger partial charge in [0, 0.05) is 11.1 Å². The van der Waals surface area contributed by atoms with E-state index in [0.29, 0.717) is 5.92 Å². The van der Waals surface area contributed by atoms with E-state index in [1.807, 2.05) is 47.1 Å². The van der Waals surface area contributed by atoms with Crippen LogP contribution in [0.1, 0.15) is 47.5 Å². The lowest BCUT2D eigenvalue weighted by molar-refractivity contribution is -0.713. The monoisotopic (exact) mass is 422 g/mol. The lowest BCUT2D eigenvalue weighted by Gasteiger charge is -2.22. The largest absolute Gasteiger partial charge is 0.351 e. The van der Waals surface area contributed by atoms with Crippen molar-refractivity contribution in [1.82, 2.24) is 5.32 Å². The first-order valence-corrected chi connectivity index (χ1v) is 10.9. The molecule has 0 radical (unpaired) electrons. The molecular weight excluding hydrogens is 394 g/mol. The molecule has 1 heterocycles. The summed E-state index contributed by atoms with van der Waals surface area (Å²) in [6.45, 7) is 4.41. The van der Waals surface area contributed by atoms with E-state index in [-0.39, 0.29) is 6.04 Å². The van der Waals surface area contributed by atoms with Crippen molar-refractivity contribution in [2.24, 2.45) is 11.7 Å². The summed E-state index contributed by atoms with van der Waals surface area (Å²) in [6.07, 6.45) is 1.03. The lowest BCUT2D eigenvalue weighted by Crippen LogP contribution is -2.88. The van der Waals surface area contributed by atoms with E-state index in [9.17, 15) is 9.59 Å². The number of benzene rings is 2. The Morgan fingerprint density at radius 1 is 0.967 bits per heavy atom. The summed E-state index contributed by atoms with van der Waals surface area (Å²) in [5.74, 6) is 0.169. The van der Waals surface area contributed by atoms with E-state index >= 15 is 0 Å². The number of primary amides is 1.